The van der Waals surface area contributed by atoms with E-state index < -0.39 is 0 Å². The number of carbonyl (C=O) groups is 1. The molecular weight excluding hydrogens is 292 g/mol. The molecule has 0 unspecified atom stereocenters. The van der Waals surface area contributed by atoms with Crippen LogP contribution in [0, 0.1) is 6.92 Å². The average molecular weight is 318 g/mol. The molecule has 0 atom stereocenters. The van der Waals surface area contributed by atoms with Crippen LogP contribution in [0.25, 0.3) is 0 Å². The molecule has 0 radical (unpaired) electrons. The number of ether oxygens (including phenoxy) is 1. The Morgan fingerprint density at radius 2 is 1.70 bits per heavy atom. The van der Waals surface area contributed by atoms with Gasteiger partial charge in [-0.25, -0.2) is 9.97 Å². The number of aromatic nitrogens is 2. The lowest BCUT2D eigenvalue weighted by molar-refractivity contribution is 0.0740. The molecule has 3 heterocycles. The van der Waals surface area contributed by atoms with Gasteiger partial charge in [0.05, 0.1) is 24.5 Å². The molecule has 0 bridgehead atoms. The van der Waals surface area contributed by atoms with Crippen molar-refractivity contribution in [2.45, 2.75) is 39.0 Å². The van der Waals surface area contributed by atoms with Gasteiger partial charge in [-0.1, -0.05) is 19.3 Å². The second-order valence-electron chi connectivity index (χ2n) is 6.33. The van der Waals surface area contributed by atoms with Crippen molar-refractivity contribution in [1.29, 1.82) is 0 Å². The summed E-state index contributed by atoms with van der Waals surface area (Å²) < 4.78 is 5.36. The van der Waals surface area contributed by atoms with Gasteiger partial charge < -0.3 is 14.5 Å². The van der Waals surface area contributed by atoms with E-state index >= 15 is 0 Å². The minimum absolute atomic E-state index is 0.0814. The number of nitrogens with zero attached hydrogens (tertiary/aromatic N) is 4. The third-order valence-electron chi connectivity index (χ3n) is 4.63. The molecule has 3 rings (SSSR count). The highest BCUT2D eigenvalue weighted by atomic mass is 16.5. The van der Waals surface area contributed by atoms with E-state index in [1.165, 1.54) is 19.3 Å². The van der Waals surface area contributed by atoms with Gasteiger partial charge in [0.15, 0.2) is 0 Å². The first-order valence-electron chi connectivity index (χ1n) is 8.71. The zero-order chi connectivity index (χ0) is 16.1. The maximum absolute atomic E-state index is 12.8. The van der Waals surface area contributed by atoms with E-state index in [2.05, 4.69) is 14.9 Å². The van der Waals surface area contributed by atoms with Crippen LogP contribution < -0.4 is 4.90 Å². The monoisotopic (exact) mass is 318 g/mol. The molecule has 0 aliphatic carbocycles. The van der Waals surface area contributed by atoms with Crippen LogP contribution in [0.1, 0.15) is 48.2 Å². The van der Waals surface area contributed by atoms with Gasteiger partial charge in [0.2, 0.25) is 5.95 Å². The summed E-state index contributed by atoms with van der Waals surface area (Å²) in [5.74, 6) is 0.785. The molecule has 2 fully saturated rings. The molecule has 6 nitrogen and oxygen atoms in total. The Hall–Kier alpha value is -1.69. The zero-order valence-electron chi connectivity index (χ0n) is 14.0. The highest BCUT2D eigenvalue weighted by Gasteiger charge is 2.21. The topological polar surface area (TPSA) is 58.6 Å². The molecular formula is C17H26N4O2. The number of amides is 1. The summed E-state index contributed by atoms with van der Waals surface area (Å²) in [6.07, 6.45) is 7.62. The van der Waals surface area contributed by atoms with Gasteiger partial charge in [-0.05, 0) is 19.8 Å². The van der Waals surface area contributed by atoms with E-state index in [1.54, 1.807) is 6.20 Å². The zero-order valence-corrected chi connectivity index (χ0v) is 14.0. The van der Waals surface area contributed by atoms with Crippen molar-refractivity contribution in [3.8, 4) is 0 Å². The maximum Gasteiger partial charge on any atom is 0.257 e. The van der Waals surface area contributed by atoms with Gasteiger partial charge in [-0.3, -0.25) is 4.79 Å². The lowest BCUT2D eigenvalue weighted by atomic mass is 10.1. The quantitative estimate of drug-likeness (QED) is 0.835. The van der Waals surface area contributed by atoms with Crippen molar-refractivity contribution in [2.75, 3.05) is 44.3 Å². The number of hydrogen-bond acceptors (Lipinski definition) is 5. The fourth-order valence-corrected chi connectivity index (χ4v) is 3.20. The molecule has 6 heteroatoms. The second-order valence-corrected chi connectivity index (χ2v) is 6.33. The van der Waals surface area contributed by atoms with Crippen molar-refractivity contribution in [3.05, 3.63) is 17.5 Å². The Balaban J connectivity index is 1.72. The minimum atomic E-state index is 0.0814. The molecule has 0 aromatic carbocycles. The molecule has 2 saturated heterocycles. The summed E-state index contributed by atoms with van der Waals surface area (Å²) in [7, 11) is 0. The molecule has 0 spiro atoms. The summed E-state index contributed by atoms with van der Waals surface area (Å²) >= 11 is 0. The molecule has 1 aromatic rings. The summed E-state index contributed by atoms with van der Waals surface area (Å²) in [4.78, 5) is 25.9. The number of anilines is 1. The van der Waals surface area contributed by atoms with Gasteiger partial charge in [0.25, 0.3) is 5.91 Å². The lowest BCUT2D eigenvalue weighted by Crippen LogP contribution is -2.38. The van der Waals surface area contributed by atoms with E-state index in [4.69, 9.17) is 4.74 Å². The first kappa shape index (κ1) is 16.2. The van der Waals surface area contributed by atoms with Gasteiger partial charge in [-0.15, -0.1) is 0 Å². The highest BCUT2D eigenvalue weighted by Crippen LogP contribution is 2.17. The van der Waals surface area contributed by atoms with Crippen LogP contribution >= 0.6 is 0 Å². The number of rotatable bonds is 2. The van der Waals surface area contributed by atoms with Crippen LogP contribution in [0.3, 0.4) is 0 Å². The van der Waals surface area contributed by atoms with E-state index in [0.29, 0.717) is 24.7 Å². The Labute approximate surface area is 137 Å². The summed E-state index contributed by atoms with van der Waals surface area (Å²) in [6.45, 7) is 6.63. The average Bonchev–Trinajstić information content (AvgIpc) is 2.55. The standard InChI is InChI=1S/C17H26N4O2/c1-14-15(16(22)20-7-5-3-2-4-6-8-20)13-18-17(19-14)21-9-11-23-12-10-21/h13H,2-12H2,1H3. The third kappa shape index (κ3) is 3.99. The molecule has 126 valence electrons. The fourth-order valence-electron chi connectivity index (χ4n) is 3.20. The normalized spacial score (nSPS) is 20.0. The molecule has 1 amide bonds. The number of carbonyl (C=O) groups excluding carboxylic acids is 1. The third-order valence-corrected chi connectivity index (χ3v) is 4.63. The van der Waals surface area contributed by atoms with Gasteiger partial charge in [-0.2, -0.15) is 0 Å². The first-order chi connectivity index (χ1) is 11.3. The van der Waals surface area contributed by atoms with Gasteiger partial charge >= 0.3 is 0 Å². The Morgan fingerprint density at radius 1 is 1.04 bits per heavy atom. The second kappa shape index (κ2) is 7.73. The predicted octanol–water partition coefficient (Wildman–Crippen LogP) is 2.03. The lowest BCUT2D eigenvalue weighted by Gasteiger charge is -2.28. The van der Waals surface area contributed by atoms with Crippen LogP contribution in [-0.4, -0.2) is 60.2 Å². The van der Waals surface area contributed by atoms with Crippen LogP contribution in [0.2, 0.25) is 0 Å². The molecule has 0 N–H and O–H groups in total. The SMILES string of the molecule is Cc1nc(N2CCOCC2)ncc1C(=O)N1CCCCCCC1. The highest BCUT2D eigenvalue weighted by molar-refractivity contribution is 5.95. The number of aryl methyl sites for hydroxylation is 1. The first-order valence-corrected chi connectivity index (χ1v) is 8.71. The van der Waals surface area contributed by atoms with E-state index in [9.17, 15) is 4.79 Å². The van der Waals surface area contributed by atoms with Gasteiger partial charge in [0.1, 0.15) is 0 Å². The summed E-state index contributed by atoms with van der Waals surface area (Å²) in [5.41, 5.74) is 1.41. The number of hydrogen-bond donors (Lipinski definition) is 0. The fraction of sp³-hybridized carbons (Fsp3) is 0.706. The van der Waals surface area contributed by atoms with Crippen molar-refractivity contribution < 1.29 is 9.53 Å². The Bertz CT molecular complexity index is 535. The largest absolute Gasteiger partial charge is 0.378 e. The summed E-state index contributed by atoms with van der Waals surface area (Å²) in [6, 6.07) is 0. The van der Waals surface area contributed by atoms with Gasteiger partial charge in [0, 0.05) is 32.4 Å². The molecule has 2 aliphatic heterocycles. The summed E-state index contributed by atoms with van der Waals surface area (Å²) in [5, 5.41) is 0. The van der Waals surface area contributed by atoms with Crippen molar-refractivity contribution in [1.82, 2.24) is 14.9 Å². The van der Waals surface area contributed by atoms with Crippen molar-refractivity contribution >= 4 is 11.9 Å². The Morgan fingerprint density at radius 3 is 2.35 bits per heavy atom. The van der Waals surface area contributed by atoms with Crippen molar-refractivity contribution in [2.24, 2.45) is 0 Å². The van der Waals surface area contributed by atoms with Crippen molar-refractivity contribution in [3.63, 3.8) is 0 Å². The maximum atomic E-state index is 12.8. The van der Waals surface area contributed by atoms with E-state index in [1.807, 2.05) is 11.8 Å². The van der Waals surface area contributed by atoms with Crippen LogP contribution in [-0.2, 0) is 4.74 Å². The smallest absolute Gasteiger partial charge is 0.257 e. The van der Waals surface area contributed by atoms with Crippen LogP contribution in [0.4, 0.5) is 5.95 Å². The number of morpholine rings is 1. The van der Waals surface area contributed by atoms with E-state index in [0.717, 1.165) is 44.7 Å². The van der Waals surface area contributed by atoms with Crippen LogP contribution in [0.5, 0.6) is 0 Å². The minimum Gasteiger partial charge on any atom is -0.378 e. The molecule has 2 aliphatic rings. The predicted molar refractivity (Wildman–Crippen MR) is 88.8 cm³/mol. The molecule has 23 heavy (non-hydrogen) atoms. The molecule has 1 aromatic heterocycles. The number of likely N-dealkylation sites (tertiary alicyclic amines) is 1. The van der Waals surface area contributed by atoms with Crippen LogP contribution in [0.15, 0.2) is 6.20 Å². The Kier molecular flexibility index (Phi) is 5.43. The van der Waals surface area contributed by atoms with E-state index in [-0.39, 0.29) is 5.91 Å². The molecule has 0 saturated carbocycles.